The van der Waals surface area contributed by atoms with E-state index in [-0.39, 0.29) is 27.5 Å². The van der Waals surface area contributed by atoms with Crippen molar-refractivity contribution >= 4 is 27.1 Å². The van der Waals surface area contributed by atoms with E-state index in [2.05, 4.69) is 19.4 Å². The Labute approximate surface area is 181 Å². The normalized spacial score (nSPS) is 15.5. The van der Waals surface area contributed by atoms with E-state index in [9.17, 15) is 26.8 Å². The van der Waals surface area contributed by atoms with Crippen molar-refractivity contribution in [3.63, 3.8) is 0 Å². The van der Waals surface area contributed by atoms with Crippen LogP contribution < -0.4 is 18.9 Å². The van der Waals surface area contributed by atoms with Crippen molar-refractivity contribution < 1.29 is 31.1 Å². The Hall–Kier alpha value is -3.19. The van der Waals surface area contributed by atoms with Crippen LogP contribution in [0.15, 0.2) is 42.6 Å². The van der Waals surface area contributed by atoms with Crippen LogP contribution in [0.3, 0.4) is 0 Å². The molecule has 0 aliphatic heterocycles. The lowest BCUT2D eigenvalue weighted by Gasteiger charge is -2.22. The summed E-state index contributed by atoms with van der Waals surface area (Å²) in [6.45, 7) is 1.44. The molecule has 3 aromatic rings. The van der Waals surface area contributed by atoms with Gasteiger partial charge in [0.1, 0.15) is 0 Å². The molecule has 1 fully saturated rings. The molecule has 2 aromatic heterocycles. The van der Waals surface area contributed by atoms with Crippen LogP contribution in [0, 0.1) is 12.1 Å². The predicted octanol–water partition coefficient (Wildman–Crippen LogP) is 2.66. The Kier molecular flexibility index (Phi) is 5.54. The molecule has 13 heteroatoms. The second kappa shape index (κ2) is 8.06. The topological polar surface area (TPSA) is 120 Å². The average molecular weight is 469 g/mol. The van der Waals surface area contributed by atoms with Gasteiger partial charge in [-0.2, -0.15) is 31.0 Å². The maximum absolute atomic E-state index is 13.9. The number of halogens is 3. The van der Waals surface area contributed by atoms with Gasteiger partial charge in [0.2, 0.25) is 11.9 Å². The van der Waals surface area contributed by atoms with Crippen LogP contribution in [0.5, 0.6) is 5.88 Å². The molecule has 4 rings (SSSR count). The quantitative estimate of drug-likeness (QED) is 0.406. The second-order valence-electron chi connectivity index (χ2n) is 7.33. The number of aryl methyl sites for hydroxylation is 1. The number of para-hydroxylation sites is 2. The number of nitrogens with one attached hydrogen (secondary N) is 2. The van der Waals surface area contributed by atoms with Crippen LogP contribution in [-0.4, -0.2) is 30.6 Å². The van der Waals surface area contributed by atoms with Crippen molar-refractivity contribution in [2.45, 2.75) is 38.1 Å². The molecule has 0 amide bonds. The largest absolute Gasteiger partial charge is 0.618 e. The monoisotopic (exact) mass is 469 g/mol. The van der Waals surface area contributed by atoms with Gasteiger partial charge < -0.3 is 9.94 Å². The third kappa shape index (κ3) is 4.99. The molecule has 1 aliphatic rings. The summed E-state index contributed by atoms with van der Waals surface area (Å²) < 4.78 is 76.2. The standard InChI is InChI=1S/C19H18F3N5O4S/c1-11-6-7-12(10-27(11)28)16(19(20,21)22)31-18-17(26-32(29,30)25-13-8-9-13)23-14-4-2-3-5-15(14)24-18/h2-7,10,13,16,25H,8-9H2,1H3,(H,23,26). The third-order valence-electron chi connectivity index (χ3n) is 4.63. The van der Waals surface area contributed by atoms with Gasteiger partial charge in [-0.15, -0.1) is 0 Å². The fourth-order valence-electron chi connectivity index (χ4n) is 2.87. The molecule has 0 bridgehead atoms. The summed E-state index contributed by atoms with van der Waals surface area (Å²) in [7, 11) is -4.13. The Balaban J connectivity index is 1.77. The third-order valence-corrected chi connectivity index (χ3v) is 5.73. The Morgan fingerprint density at radius 3 is 2.41 bits per heavy atom. The molecule has 0 saturated heterocycles. The minimum absolute atomic E-state index is 0.194. The highest BCUT2D eigenvalue weighted by Gasteiger charge is 2.45. The fourth-order valence-corrected chi connectivity index (χ4v) is 3.99. The van der Waals surface area contributed by atoms with Crippen molar-refractivity contribution in [2.24, 2.45) is 0 Å². The van der Waals surface area contributed by atoms with Crippen molar-refractivity contribution in [1.82, 2.24) is 14.7 Å². The van der Waals surface area contributed by atoms with Crippen LogP contribution in [0.2, 0.25) is 0 Å². The molecule has 2 N–H and O–H groups in total. The molecule has 2 heterocycles. The average Bonchev–Trinajstić information content (AvgIpc) is 3.50. The van der Waals surface area contributed by atoms with E-state index < -0.39 is 39.8 Å². The van der Waals surface area contributed by atoms with Gasteiger partial charge in [0.25, 0.3) is 5.88 Å². The highest BCUT2D eigenvalue weighted by atomic mass is 32.2. The Morgan fingerprint density at radius 2 is 1.81 bits per heavy atom. The number of alkyl halides is 3. The van der Waals surface area contributed by atoms with E-state index in [1.54, 1.807) is 12.1 Å². The smallest absolute Gasteiger partial charge is 0.430 e. The number of fused-ring (bicyclic) bond motifs is 1. The van der Waals surface area contributed by atoms with Gasteiger partial charge in [-0.3, -0.25) is 4.72 Å². The van der Waals surface area contributed by atoms with E-state index in [4.69, 9.17) is 4.74 Å². The fraction of sp³-hybridized carbons (Fsp3) is 0.316. The highest BCUT2D eigenvalue weighted by molar-refractivity contribution is 7.90. The molecule has 1 aromatic carbocycles. The number of anilines is 1. The number of ether oxygens (including phenoxy) is 1. The van der Waals surface area contributed by atoms with E-state index in [0.29, 0.717) is 12.8 Å². The number of hydrogen-bond donors (Lipinski definition) is 2. The highest BCUT2D eigenvalue weighted by Crippen LogP contribution is 2.38. The van der Waals surface area contributed by atoms with E-state index in [1.807, 2.05) is 0 Å². The zero-order chi connectivity index (χ0) is 23.1. The maximum atomic E-state index is 13.9. The van der Waals surface area contributed by atoms with E-state index in [1.165, 1.54) is 25.1 Å². The van der Waals surface area contributed by atoms with Gasteiger partial charge in [0, 0.05) is 19.0 Å². The SMILES string of the molecule is Cc1ccc(C(Oc2nc3ccccc3nc2NS(=O)(=O)NC2CC2)C(F)(F)F)c[n+]1[O-]. The van der Waals surface area contributed by atoms with Gasteiger partial charge in [0.05, 0.1) is 16.6 Å². The molecule has 170 valence electrons. The van der Waals surface area contributed by atoms with Gasteiger partial charge in [-0.1, -0.05) is 12.1 Å². The van der Waals surface area contributed by atoms with Crippen LogP contribution in [0.25, 0.3) is 11.0 Å². The van der Waals surface area contributed by atoms with Crippen molar-refractivity contribution in [3.05, 3.63) is 59.1 Å². The zero-order valence-electron chi connectivity index (χ0n) is 16.6. The molecule has 0 radical (unpaired) electrons. The molecule has 1 atom stereocenters. The van der Waals surface area contributed by atoms with Gasteiger partial charge in [0.15, 0.2) is 11.9 Å². The number of benzene rings is 1. The summed E-state index contributed by atoms with van der Waals surface area (Å²) in [5.74, 6) is -1.18. The van der Waals surface area contributed by atoms with E-state index in [0.717, 1.165) is 12.3 Å². The van der Waals surface area contributed by atoms with Crippen LogP contribution in [0.1, 0.15) is 30.2 Å². The number of rotatable bonds is 7. The van der Waals surface area contributed by atoms with Crippen LogP contribution >= 0.6 is 0 Å². The number of nitrogens with zero attached hydrogens (tertiary/aromatic N) is 3. The summed E-state index contributed by atoms with van der Waals surface area (Å²) in [4.78, 5) is 8.14. The Morgan fingerprint density at radius 1 is 1.16 bits per heavy atom. The van der Waals surface area contributed by atoms with Gasteiger partial charge in [-0.25, -0.2) is 9.97 Å². The van der Waals surface area contributed by atoms with Crippen molar-refractivity contribution in [3.8, 4) is 5.88 Å². The lowest BCUT2D eigenvalue weighted by Crippen LogP contribution is -2.34. The molecule has 1 saturated carbocycles. The lowest BCUT2D eigenvalue weighted by atomic mass is 10.1. The predicted molar refractivity (Wildman–Crippen MR) is 108 cm³/mol. The van der Waals surface area contributed by atoms with E-state index >= 15 is 0 Å². The first-order valence-electron chi connectivity index (χ1n) is 9.52. The molecular weight excluding hydrogens is 451 g/mol. The van der Waals surface area contributed by atoms with Crippen molar-refractivity contribution in [1.29, 1.82) is 0 Å². The molecule has 1 unspecified atom stereocenters. The number of aromatic nitrogens is 3. The molecule has 9 nitrogen and oxygen atoms in total. The molecule has 32 heavy (non-hydrogen) atoms. The van der Waals surface area contributed by atoms with Gasteiger partial charge in [-0.05, 0) is 31.0 Å². The number of hydrogen-bond acceptors (Lipinski definition) is 6. The second-order valence-corrected chi connectivity index (χ2v) is 8.78. The molecule has 0 spiro atoms. The summed E-state index contributed by atoms with van der Waals surface area (Å²) in [6, 6.07) is 8.33. The summed E-state index contributed by atoms with van der Waals surface area (Å²) in [5, 5.41) is 11.8. The maximum Gasteiger partial charge on any atom is 0.430 e. The Bertz CT molecular complexity index is 1270. The zero-order valence-corrected chi connectivity index (χ0v) is 17.4. The minimum atomic E-state index is -4.93. The summed E-state index contributed by atoms with van der Waals surface area (Å²) in [6.07, 6.45) is -5.45. The first-order valence-corrected chi connectivity index (χ1v) is 11.0. The van der Waals surface area contributed by atoms with Crippen LogP contribution in [0.4, 0.5) is 19.0 Å². The minimum Gasteiger partial charge on any atom is -0.618 e. The van der Waals surface area contributed by atoms with Crippen LogP contribution in [-0.2, 0) is 10.2 Å². The molecule has 1 aliphatic carbocycles. The van der Waals surface area contributed by atoms with Gasteiger partial charge >= 0.3 is 16.4 Å². The summed E-state index contributed by atoms with van der Waals surface area (Å²) in [5.41, 5.74) is 0.169. The first kappa shape index (κ1) is 22.0. The van der Waals surface area contributed by atoms with Crippen molar-refractivity contribution in [2.75, 3.05) is 4.72 Å². The number of pyridine rings is 1. The summed E-state index contributed by atoms with van der Waals surface area (Å²) >= 11 is 0. The first-order chi connectivity index (χ1) is 15.0. The lowest BCUT2D eigenvalue weighted by molar-refractivity contribution is -0.613. The molecular formula is C19H18F3N5O4S.